The fourth-order valence-corrected chi connectivity index (χ4v) is 1.84. The van der Waals surface area contributed by atoms with Crippen molar-refractivity contribution in [3.05, 3.63) is 0 Å². The molecule has 0 bridgehead atoms. The van der Waals surface area contributed by atoms with Crippen LogP contribution in [0.3, 0.4) is 0 Å². The monoisotopic (exact) mass is 257 g/mol. The van der Waals surface area contributed by atoms with Gasteiger partial charge in [0.25, 0.3) is 0 Å². The third-order valence-corrected chi connectivity index (χ3v) is 3.15. The van der Waals surface area contributed by atoms with Gasteiger partial charge in [0.2, 0.25) is 0 Å². The van der Waals surface area contributed by atoms with Gasteiger partial charge in [0.05, 0.1) is 6.42 Å². The standard InChI is InChI=1S/C12H23N3O3/c1-3-15(10-4-5-10)9-7-13-12(18)14(2)8-6-11(16)17/h10H,3-9H2,1-2H3,(H,13,18)(H,16,17). The number of nitrogens with one attached hydrogen (secondary N) is 1. The zero-order valence-corrected chi connectivity index (χ0v) is 11.2. The first-order valence-corrected chi connectivity index (χ1v) is 6.49. The Morgan fingerprint density at radius 3 is 2.50 bits per heavy atom. The van der Waals surface area contributed by atoms with Crippen LogP contribution in [0.5, 0.6) is 0 Å². The van der Waals surface area contributed by atoms with Crippen LogP contribution >= 0.6 is 0 Å². The van der Waals surface area contributed by atoms with Crippen LogP contribution < -0.4 is 5.32 Å². The zero-order valence-electron chi connectivity index (χ0n) is 11.2. The van der Waals surface area contributed by atoms with Gasteiger partial charge >= 0.3 is 12.0 Å². The van der Waals surface area contributed by atoms with E-state index in [0.29, 0.717) is 12.6 Å². The summed E-state index contributed by atoms with van der Waals surface area (Å²) in [7, 11) is 1.61. The Kier molecular flexibility index (Phi) is 5.91. The number of carboxylic acids is 1. The Bertz CT molecular complexity index is 292. The maximum atomic E-state index is 11.6. The van der Waals surface area contributed by atoms with Crippen LogP contribution in [0, 0.1) is 0 Å². The first-order chi connectivity index (χ1) is 8.54. The van der Waals surface area contributed by atoms with E-state index in [1.807, 2.05) is 0 Å². The Morgan fingerprint density at radius 2 is 2.00 bits per heavy atom. The van der Waals surface area contributed by atoms with Crippen LogP contribution in [-0.2, 0) is 4.79 Å². The predicted octanol–water partition coefficient (Wildman–Crippen LogP) is 0.587. The van der Waals surface area contributed by atoms with E-state index in [9.17, 15) is 9.59 Å². The van der Waals surface area contributed by atoms with Gasteiger partial charge in [-0.15, -0.1) is 0 Å². The average Bonchev–Trinajstić information content (AvgIpc) is 3.15. The van der Waals surface area contributed by atoms with Gasteiger partial charge in [-0.3, -0.25) is 9.69 Å². The lowest BCUT2D eigenvalue weighted by Gasteiger charge is -2.21. The average molecular weight is 257 g/mol. The molecule has 2 amide bonds. The molecule has 0 aliphatic heterocycles. The van der Waals surface area contributed by atoms with Gasteiger partial charge in [-0.05, 0) is 19.4 Å². The lowest BCUT2D eigenvalue weighted by atomic mass is 10.4. The molecule has 0 radical (unpaired) electrons. The fourth-order valence-electron chi connectivity index (χ4n) is 1.84. The third-order valence-electron chi connectivity index (χ3n) is 3.15. The molecule has 0 aromatic heterocycles. The van der Waals surface area contributed by atoms with Gasteiger partial charge in [0.15, 0.2) is 0 Å². The Morgan fingerprint density at radius 1 is 1.33 bits per heavy atom. The molecular formula is C12H23N3O3. The molecule has 1 aliphatic carbocycles. The second-order valence-corrected chi connectivity index (χ2v) is 4.66. The van der Waals surface area contributed by atoms with Crippen molar-refractivity contribution in [2.45, 2.75) is 32.2 Å². The van der Waals surface area contributed by atoms with E-state index < -0.39 is 5.97 Å². The third kappa shape index (κ3) is 5.35. The van der Waals surface area contributed by atoms with Crippen LogP contribution in [0.1, 0.15) is 26.2 Å². The summed E-state index contributed by atoms with van der Waals surface area (Å²) in [5, 5.41) is 11.3. The maximum absolute atomic E-state index is 11.6. The second kappa shape index (κ2) is 7.20. The lowest BCUT2D eigenvalue weighted by Crippen LogP contribution is -2.42. The summed E-state index contributed by atoms with van der Waals surface area (Å²) in [5.74, 6) is -0.888. The Labute approximate surface area is 108 Å². The number of hydrogen-bond donors (Lipinski definition) is 2. The summed E-state index contributed by atoms with van der Waals surface area (Å²) < 4.78 is 0. The highest BCUT2D eigenvalue weighted by molar-refractivity contribution is 5.74. The van der Waals surface area contributed by atoms with Crippen molar-refractivity contribution >= 4 is 12.0 Å². The lowest BCUT2D eigenvalue weighted by molar-refractivity contribution is -0.137. The van der Waals surface area contributed by atoms with E-state index in [-0.39, 0.29) is 19.0 Å². The summed E-state index contributed by atoms with van der Waals surface area (Å²) in [6, 6.07) is 0.500. The number of carboxylic acid groups (broad SMARTS) is 1. The van der Waals surface area contributed by atoms with Gasteiger partial charge < -0.3 is 15.3 Å². The largest absolute Gasteiger partial charge is 0.481 e. The summed E-state index contributed by atoms with van der Waals surface area (Å²) in [6.07, 6.45) is 2.51. The molecule has 1 rings (SSSR count). The SMILES string of the molecule is CCN(CCNC(=O)N(C)CCC(=O)O)C1CC1. The zero-order chi connectivity index (χ0) is 13.5. The number of aliphatic carboxylic acids is 1. The molecule has 6 heteroatoms. The number of nitrogens with zero attached hydrogens (tertiary/aromatic N) is 2. The van der Waals surface area contributed by atoms with Crippen molar-refractivity contribution in [3.63, 3.8) is 0 Å². The number of carbonyl (C=O) groups is 2. The summed E-state index contributed by atoms with van der Waals surface area (Å²) >= 11 is 0. The van der Waals surface area contributed by atoms with E-state index in [4.69, 9.17) is 5.11 Å². The van der Waals surface area contributed by atoms with E-state index in [1.165, 1.54) is 17.7 Å². The molecule has 0 atom stereocenters. The molecule has 0 saturated heterocycles. The minimum absolute atomic E-state index is 0.0208. The molecule has 1 aliphatic rings. The highest BCUT2D eigenvalue weighted by atomic mass is 16.4. The second-order valence-electron chi connectivity index (χ2n) is 4.66. The Hall–Kier alpha value is -1.30. The molecule has 1 saturated carbocycles. The predicted molar refractivity (Wildman–Crippen MR) is 68.6 cm³/mol. The highest BCUT2D eigenvalue weighted by Crippen LogP contribution is 2.25. The number of urea groups is 1. The van der Waals surface area contributed by atoms with Gasteiger partial charge in [-0.2, -0.15) is 0 Å². The van der Waals surface area contributed by atoms with Gasteiger partial charge in [0.1, 0.15) is 0 Å². The number of carbonyl (C=O) groups excluding carboxylic acids is 1. The molecule has 0 spiro atoms. The van der Waals surface area contributed by atoms with Crippen LogP contribution in [0.4, 0.5) is 4.79 Å². The van der Waals surface area contributed by atoms with Gasteiger partial charge in [0, 0.05) is 32.7 Å². The number of rotatable bonds is 8. The molecule has 0 heterocycles. The molecule has 0 unspecified atom stereocenters. The van der Waals surface area contributed by atoms with Gasteiger partial charge in [-0.1, -0.05) is 6.92 Å². The molecule has 18 heavy (non-hydrogen) atoms. The van der Waals surface area contributed by atoms with Crippen LogP contribution in [-0.4, -0.2) is 66.2 Å². The summed E-state index contributed by atoms with van der Waals surface area (Å²) in [5.41, 5.74) is 0. The highest BCUT2D eigenvalue weighted by Gasteiger charge is 2.27. The normalized spacial score (nSPS) is 14.6. The Balaban J connectivity index is 2.13. The fraction of sp³-hybridized carbons (Fsp3) is 0.833. The van der Waals surface area contributed by atoms with E-state index in [0.717, 1.165) is 13.1 Å². The number of hydrogen-bond acceptors (Lipinski definition) is 3. The molecular weight excluding hydrogens is 234 g/mol. The van der Waals surface area contributed by atoms with Crippen LogP contribution in [0.15, 0.2) is 0 Å². The minimum Gasteiger partial charge on any atom is -0.481 e. The number of likely N-dealkylation sites (N-methyl/N-ethyl adjacent to an activating group) is 1. The van der Waals surface area contributed by atoms with Gasteiger partial charge in [-0.25, -0.2) is 4.79 Å². The minimum atomic E-state index is -0.888. The van der Waals surface area contributed by atoms with Crippen molar-refractivity contribution < 1.29 is 14.7 Å². The van der Waals surface area contributed by atoms with Crippen LogP contribution in [0.2, 0.25) is 0 Å². The summed E-state index contributed by atoms with van der Waals surface area (Å²) in [4.78, 5) is 25.8. The topological polar surface area (TPSA) is 72.9 Å². The van der Waals surface area contributed by atoms with Crippen molar-refractivity contribution in [3.8, 4) is 0 Å². The molecule has 104 valence electrons. The van der Waals surface area contributed by atoms with E-state index >= 15 is 0 Å². The van der Waals surface area contributed by atoms with E-state index in [2.05, 4.69) is 17.1 Å². The first kappa shape index (κ1) is 14.8. The summed E-state index contributed by atoms with van der Waals surface area (Å²) in [6.45, 7) is 4.84. The molecule has 1 fully saturated rings. The van der Waals surface area contributed by atoms with E-state index in [1.54, 1.807) is 7.05 Å². The van der Waals surface area contributed by atoms with Crippen molar-refractivity contribution in [2.75, 3.05) is 33.2 Å². The van der Waals surface area contributed by atoms with Crippen LogP contribution in [0.25, 0.3) is 0 Å². The maximum Gasteiger partial charge on any atom is 0.317 e. The molecule has 6 nitrogen and oxygen atoms in total. The smallest absolute Gasteiger partial charge is 0.317 e. The quantitative estimate of drug-likeness (QED) is 0.667. The number of amides is 2. The van der Waals surface area contributed by atoms with Crippen molar-refractivity contribution in [1.29, 1.82) is 0 Å². The van der Waals surface area contributed by atoms with Crippen molar-refractivity contribution in [1.82, 2.24) is 15.1 Å². The first-order valence-electron chi connectivity index (χ1n) is 6.49. The van der Waals surface area contributed by atoms with Crippen molar-refractivity contribution in [2.24, 2.45) is 0 Å². The molecule has 0 aromatic rings. The molecule has 0 aromatic carbocycles. The molecule has 2 N–H and O–H groups in total.